The van der Waals surface area contributed by atoms with Gasteiger partial charge < -0.3 is 15.8 Å². The summed E-state index contributed by atoms with van der Waals surface area (Å²) in [5.41, 5.74) is 8.00. The molecule has 0 radical (unpaired) electrons. The zero-order valence-electron chi connectivity index (χ0n) is 12.9. The van der Waals surface area contributed by atoms with Crippen LogP contribution < -0.4 is 11.1 Å². The van der Waals surface area contributed by atoms with Crippen LogP contribution in [0.3, 0.4) is 0 Å². The Morgan fingerprint density at radius 1 is 1.09 bits per heavy atom. The summed E-state index contributed by atoms with van der Waals surface area (Å²) >= 11 is 0. The zero-order chi connectivity index (χ0) is 15.6. The third-order valence-corrected chi connectivity index (χ3v) is 3.13. The van der Waals surface area contributed by atoms with Crippen LogP contribution in [0.5, 0.6) is 0 Å². The van der Waals surface area contributed by atoms with E-state index in [-0.39, 0.29) is 0 Å². The summed E-state index contributed by atoms with van der Waals surface area (Å²) in [5.74, 6) is 0.751. The normalized spacial score (nSPS) is 12.9. The summed E-state index contributed by atoms with van der Waals surface area (Å²) < 4.78 is 5.70. The Hall–Kier alpha value is -2.33. The molecule has 2 aromatic carbocycles. The van der Waals surface area contributed by atoms with E-state index in [2.05, 4.69) is 29.4 Å². The number of anilines is 1. The molecule has 0 saturated carbocycles. The SMILES string of the molecule is CC(CN=C(N)Nc1ccccc1)COCc1ccccc1. The van der Waals surface area contributed by atoms with E-state index in [1.807, 2.05) is 48.5 Å². The van der Waals surface area contributed by atoms with Crippen LogP contribution in [0.2, 0.25) is 0 Å². The first-order valence-corrected chi connectivity index (χ1v) is 7.47. The van der Waals surface area contributed by atoms with Crippen LogP contribution in [0.15, 0.2) is 65.7 Å². The second-order valence-electron chi connectivity index (χ2n) is 5.32. The number of benzene rings is 2. The fourth-order valence-corrected chi connectivity index (χ4v) is 1.97. The first-order chi connectivity index (χ1) is 10.7. The van der Waals surface area contributed by atoms with Gasteiger partial charge in [0.15, 0.2) is 5.96 Å². The third-order valence-electron chi connectivity index (χ3n) is 3.13. The van der Waals surface area contributed by atoms with Gasteiger partial charge in [0, 0.05) is 12.2 Å². The molecule has 1 atom stereocenters. The van der Waals surface area contributed by atoms with Crippen molar-refractivity contribution in [3.63, 3.8) is 0 Å². The second-order valence-corrected chi connectivity index (χ2v) is 5.32. The van der Waals surface area contributed by atoms with Gasteiger partial charge in [-0.25, -0.2) is 0 Å². The minimum atomic E-state index is 0.319. The van der Waals surface area contributed by atoms with Gasteiger partial charge in [-0.1, -0.05) is 55.5 Å². The molecule has 0 aromatic heterocycles. The van der Waals surface area contributed by atoms with E-state index >= 15 is 0 Å². The van der Waals surface area contributed by atoms with Crippen LogP contribution in [0, 0.1) is 5.92 Å². The Labute approximate surface area is 132 Å². The van der Waals surface area contributed by atoms with Crippen molar-refractivity contribution < 1.29 is 4.74 Å². The Morgan fingerprint density at radius 3 is 2.41 bits per heavy atom. The van der Waals surface area contributed by atoms with Crippen LogP contribution in [-0.2, 0) is 11.3 Å². The lowest BCUT2D eigenvalue weighted by Crippen LogP contribution is -2.24. The van der Waals surface area contributed by atoms with Crippen molar-refractivity contribution >= 4 is 11.6 Å². The van der Waals surface area contributed by atoms with Crippen molar-refractivity contribution in [2.45, 2.75) is 13.5 Å². The number of nitrogens with zero attached hydrogens (tertiary/aromatic N) is 1. The molecule has 4 heteroatoms. The van der Waals surface area contributed by atoms with Crippen molar-refractivity contribution in [2.24, 2.45) is 16.6 Å². The third kappa shape index (κ3) is 5.97. The summed E-state index contributed by atoms with van der Waals surface area (Å²) in [6.07, 6.45) is 0. The van der Waals surface area contributed by atoms with Crippen LogP contribution in [0.1, 0.15) is 12.5 Å². The monoisotopic (exact) mass is 297 g/mol. The highest BCUT2D eigenvalue weighted by molar-refractivity contribution is 5.92. The quantitative estimate of drug-likeness (QED) is 0.609. The highest BCUT2D eigenvalue weighted by Gasteiger charge is 2.02. The Kier molecular flexibility index (Phi) is 6.45. The number of nitrogens with two attached hydrogens (primary N) is 1. The summed E-state index contributed by atoms with van der Waals surface area (Å²) in [6.45, 7) is 4.04. The van der Waals surface area contributed by atoms with E-state index in [0.29, 0.717) is 31.6 Å². The average molecular weight is 297 g/mol. The number of para-hydroxylation sites is 1. The van der Waals surface area contributed by atoms with E-state index in [9.17, 15) is 0 Å². The maximum Gasteiger partial charge on any atom is 0.193 e. The molecule has 2 aromatic rings. The molecular weight excluding hydrogens is 274 g/mol. The molecule has 0 bridgehead atoms. The molecule has 0 aliphatic heterocycles. The molecule has 0 aliphatic carbocycles. The van der Waals surface area contributed by atoms with Gasteiger partial charge >= 0.3 is 0 Å². The molecule has 116 valence electrons. The van der Waals surface area contributed by atoms with E-state index in [1.54, 1.807) is 0 Å². The number of hydrogen-bond donors (Lipinski definition) is 2. The van der Waals surface area contributed by atoms with Crippen molar-refractivity contribution in [2.75, 3.05) is 18.5 Å². The number of rotatable bonds is 7. The predicted molar refractivity (Wildman–Crippen MR) is 91.8 cm³/mol. The van der Waals surface area contributed by atoms with Gasteiger partial charge in [-0.3, -0.25) is 4.99 Å². The fraction of sp³-hybridized carbons (Fsp3) is 0.278. The number of aliphatic imine (C=N–C) groups is 1. The molecule has 22 heavy (non-hydrogen) atoms. The van der Waals surface area contributed by atoms with Crippen LogP contribution in [0.25, 0.3) is 0 Å². The Balaban J connectivity index is 1.68. The molecule has 2 rings (SSSR count). The van der Waals surface area contributed by atoms with Crippen LogP contribution >= 0.6 is 0 Å². The van der Waals surface area contributed by atoms with Crippen LogP contribution in [-0.4, -0.2) is 19.1 Å². The summed E-state index contributed by atoms with van der Waals surface area (Å²) in [4.78, 5) is 4.35. The first-order valence-electron chi connectivity index (χ1n) is 7.47. The molecule has 3 N–H and O–H groups in total. The van der Waals surface area contributed by atoms with Gasteiger partial charge in [0.05, 0.1) is 13.2 Å². The maximum atomic E-state index is 5.87. The van der Waals surface area contributed by atoms with Crippen LogP contribution in [0.4, 0.5) is 5.69 Å². The number of hydrogen-bond acceptors (Lipinski definition) is 2. The summed E-state index contributed by atoms with van der Waals surface area (Å²) in [7, 11) is 0. The highest BCUT2D eigenvalue weighted by Crippen LogP contribution is 2.05. The predicted octanol–water partition coefficient (Wildman–Crippen LogP) is 3.27. The van der Waals surface area contributed by atoms with Crippen molar-refractivity contribution in [1.29, 1.82) is 0 Å². The molecule has 0 heterocycles. The summed E-state index contributed by atoms with van der Waals surface area (Å²) in [5, 5.41) is 3.07. The smallest absolute Gasteiger partial charge is 0.193 e. The lowest BCUT2D eigenvalue weighted by Gasteiger charge is -2.11. The molecule has 0 aliphatic rings. The topological polar surface area (TPSA) is 59.6 Å². The lowest BCUT2D eigenvalue weighted by atomic mass is 10.2. The Morgan fingerprint density at radius 2 is 1.73 bits per heavy atom. The largest absolute Gasteiger partial charge is 0.376 e. The number of guanidine groups is 1. The summed E-state index contributed by atoms with van der Waals surface area (Å²) in [6, 6.07) is 19.9. The zero-order valence-corrected chi connectivity index (χ0v) is 12.9. The van der Waals surface area contributed by atoms with E-state index < -0.39 is 0 Å². The van der Waals surface area contributed by atoms with Gasteiger partial charge in [-0.15, -0.1) is 0 Å². The van der Waals surface area contributed by atoms with Gasteiger partial charge in [0.2, 0.25) is 0 Å². The number of nitrogens with one attached hydrogen (secondary N) is 1. The maximum absolute atomic E-state index is 5.87. The number of ether oxygens (including phenoxy) is 1. The van der Waals surface area contributed by atoms with E-state index in [1.165, 1.54) is 5.56 Å². The minimum absolute atomic E-state index is 0.319. The molecule has 0 saturated heterocycles. The molecular formula is C18H23N3O. The lowest BCUT2D eigenvalue weighted by molar-refractivity contribution is 0.0945. The Bertz CT molecular complexity index is 569. The molecule has 0 fully saturated rings. The van der Waals surface area contributed by atoms with Gasteiger partial charge in [0.25, 0.3) is 0 Å². The van der Waals surface area contributed by atoms with Gasteiger partial charge in [0.1, 0.15) is 0 Å². The van der Waals surface area contributed by atoms with Crippen molar-refractivity contribution in [3.05, 3.63) is 66.2 Å². The molecule has 0 amide bonds. The average Bonchev–Trinajstić information content (AvgIpc) is 2.55. The molecule has 0 spiro atoms. The standard InChI is InChI=1S/C18H23N3O/c1-15(13-22-14-16-8-4-2-5-9-16)12-20-18(19)21-17-10-6-3-7-11-17/h2-11,15H,12-14H2,1H3,(H3,19,20,21). The fourth-order valence-electron chi connectivity index (χ4n) is 1.97. The van der Waals surface area contributed by atoms with E-state index in [0.717, 1.165) is 5.69 Å². The minimum Gasteiger partial charge on any atom is -0.376 e. The van der Waals surface area contributed by atoms with Crippen molar-refractivity contribution in [3.8, 4) is 0 Å². The molecule has 4 nitrogen and oxygen atoms in total. The molecule has 1 unspecified atom stereocenters. The second kappa shape index (κ2) is 8.85. The van der Waals surface area contributed by atoms with Gasteiger partial charge in [-0.05, 0) is 23.6 Å². The first kappa shape index (κ1) is 16.0. The van der Waals surface area contributed by atoms with E-state index in [4.69, 9.17) is 10.5 Å². The van der Waals surface area contributed by atoms with Crippen molar-refractivity contribution in [1.82, 2.24) is 0 Å². The van der Waals surface area contributed by atoms with Gasteiger partial charge in [-0.2, -0.15) is 0 Å². The highest BCUT2D eigenvalue weighted by atomic mass is 16.5.